The first kappa shape index (κ1) is 14.3. The number of nitrogens with one attached hydrogen (secondary N) is 1. The molecule has 110 valence electrons. The molecule has 3 heteroatoms. The number of carbonyl (C=O) groups is 1. The fraction of sp³-hybridized carbons (Fsp3) is 0.263. The molecular weight excluding hydrogens is 272 g/mol. The molecule has 1 aromatic heterocycles. The number of anilines is 1. The summed E-state index contributed by atoms with van der Waals surface area (Å²) in [5, 5.41) is 3.00. The Bertz CT molecular complexity index is 707. The third-order valence-electron chi connectivity index (χ3n) is 3.86. The highest BCUT2D eigenvalue weighted by Gasteiger charge is 2.22. The Morgan fingerprint density at radius 2 is 1.95 bits per heavy atom. The van der Waals surface area contributed by atoms with Crippen molar-refractivity contribution in [3.05, 3.63) is 59.9 Å². The first-order valence-electron chi connectivity index (χ1n) is 7.65. The van der Waals surface area contributed by atoms with Crippen LogP contribution in [0, 0.1) is 17.8 Å². The smallest absolute Gasteiger partial charge is 0.227 e. The summed E-state index contributed by atoms with van der Waals surface area (Å²) >= 11 is 0. The van der Waals surface area contributed by atoms with Crippen LogP contribution < -0.4 is 5.32 Å². The van der Waals surface area contributed by atoms with Crippen LogP contribution in [0.2, 0.25) is 0 Å². The van der Waals surface area contributed by atoms with E-state index >= 15 is 0 Å². The van der Waals surface area contributed by atoms with E-state index in [0.717, 1.165) is 42.6 Å². The molecule has 0 radical (unpaired) electrons. The zero-order chi connectivity index (χ0) is 15.2. The number of nitrogens with zero attached hydrogens (tertiary/aromatic N) is 1. The van der Waals surface area contributed by atoms with Crippen molar-refractivity contribution in [2.75, 3.05) is 5.32 Å². The van der Waals surface area contributed by atoms with Gasteiger partial charge in [0.25, 0.3) is 0 Å². The van der Waals surface area contributed by atoms with Crippen LogP contribution >= 0.6 is 0 Å². The molecule has 0 bridgehead atoms. The first-order chi connectivity index (χ1) is 10.8. The summed E-state index contributed by atoms with van der Waals surface area (Å²) in [6.45, 7) is 0. The zero-order valence-electron chi connectivity index (χ0n) is 12.4. The van der Waals surface area contributed by atoms with E-state index in [1.54, 1.807) is 6.20 Å². The number of hydrogen-bond acceptors (Lipinski definition) is 2. The minimum Gasteiger partial charge on any atom is -0.326 e. The number of aromatic nitrogens is 1. The maximum Gasteiger partial charge on any atom is 0.227 e. The van der Waals surface area contributed by atoms with Gasteiger partial charge in [-0.1, -0.05) is 30.9 Å². The van der Waals surface area contributed by atoms with Crippen LogP contribution in [0.4, 0.5) is 5.69 Å². The van der Waals surface area contributed by atoms with Gasteiger partial charge in [-0.3, -0.25) is 4.79 Å². The summed E-state index contributed by atoms with van der Waals surface area (Å²) in [6.07, 6.45) is 6.06. The molecule has 0 saturated heterocycles. The van der Waals surface area contributed by atoms with Crippen molar-refractivity contribution < 1.29 is 4.79 Å². The van der Waals surface area contributed by atoms with Gasteiger partial charge in [-0.05, 0) is 49.1 Å². The van der Waals surface area contributed by atoms with Gasteiger partial charge >= 0.3 is 0 Å². The maximum absolute atomic E-state index is 12.1. The molecular formula is C19H18N2O. The lowest BCUT2D eigenvalue weighted by Crippen LogP contribution is -2.20. The predicted octanol–water partition coefficient (Wildman–Crippen LogP) is 3.61. The van der Waals surface area contributed by atoms with Crippen molar-refractivity contribution in [3.8, 4) is 11.8 Å². The normalized spacial score (nSPS) is 14.2. The minimum absolute atomic E-state index is 0.132. The van der Waals surface area contributed by atoms with Gasteiger partial charge in [0.2, 0.25) is 5.91 Å². The number of pyridine rings is 1. The van der Waals surface area contributed by atoms with Gasteiger partial charge in [-0.2, -0.15) is 0 Å². The van der Waals surface area contributed by atoms with E-state index in [1.165, 1.54) is 0 Å². The van der Waals surface area contributed by atoms with Crippen LogP contribution in [0.15, 0.2) is 48.7 Å². The van der Waals surface area contributed by atoms with Gasteiger partial charge in [0.15, 0.2) is 0 Å². The van der Waals surface area contributed by atoms with Gasteiger partial charge < -0.3 is 5.32 Å². The summed E-state index contributed by atoms with van der Waals surface area (Å²) in [4.78, 5) is 16.3. The SMILES string of the molecule is O=C(Nc1cccc(C#Cc2ccccn2)c1)C1CCCC1. The summed E-state index contributed by atoms with van der Waals surface area (Å²) in [6, 6.07) is 13.3. The highest BCUT2D eigenvalue weighted by Crippen LogP contribution is 2.26. The van der Waals surface area contributed by atoms with Crippen molar-refractivity contribution in [2.45, 2.75) is 25.7 Å². The summed E-state index contributed by atoms with van der Waals surface area (Å²) in [5.74, 6) is 6.40. The first-order valence-corrected chi connectivity index (χ1v) is 7.65. The molecule has 1 aliphatic rings. The van der Waals surface area contributed by atoms with Gasteiger partial charge in [-0.25, -0.2) is 4.98 Å². The van der Waals surface area contributed by atoms with Crippen molar-refractivity contribution in [3.63, 3.8) is 0 Å². The van der Waals surface area contributed by atoms with Crippen molar-refractivity contribution >= 4 is 11.6 Å². The predicted molar refractivity (Wildman–Crippen MR) is 87.2 cm³/mol. The Morgan fingerprint density at radius 3 is 2.73 bits per heavy atom. The fourth-order valence-corrected chi connectivity index (χ4v) is 2.68. The molecule has 1 aromatic carbocycles. The second-order valence-corrected chi connectivity index (χ2v) is 5.52. The van der Waals surface area contributed by atoms with Gasteiger partial charge in [0.1, 0.15) is 5.69 Å². The lowest BCUT2D eigenvalue weighted by molar-refractivity contribution is -0.119. The summed E-state index contributed by atoms with van der Waals surface area (Å²) in [5.41, 5.74) is 2.42. The second-order valence-electron chi connectivity index (χ2n) is 5.52. The average Bonchev–Trinajstić information content (AvgIpc) is 3.09. The Balaban J connectivity index is 1.70. The molecule has 0 unspecified atom stereocenters. The van der Waals surface area contributed by atoms with E-state index in [2.05, 4.69) is 22.1 Å². The molecule has 1 N–H and O–H groups in total. The van der Waals surface area contributed by atoms with Gasteiger partial charge in [0, 0.05) is 23.4 Å². The van der Waals surface area contributed by atoms with Crippen LogP contribution in [0.3, 0.4) is 0 Å². The summed E-state index contributed by atoms with van der Waals surface area (Å²) < 4.78 is 0. The minimum atomic E-state index is 0.132. The molecule has 1 aliphatic carbocycles. The van der Waals surface area contributed by atoms with Gasteiger partial charge in [0.05, 0.1) is 0 Å². The Labute approximate surface area is 130 Å². The second kappa shape index (κ2) is 6.91. The third-order valence-corrected chi connectivity index (χ3v) is 3.86. The van der Waals surface area contributed by atoms with Crippen molar-refractivity contribution in [1.82, 2.24) is 4.98 Å². The highest BCUT2D eigenvalue weighted by atomic mass is 16.1. The zero-order valence-corrected chi connectivity index (χ0v) is 12.4. The van der Waals surface area contributed by atoms with E-state index in [-0.39, 0.29) is 11.8 Å². The van der Waals surface area contributed by atoms with E-state index in [0.29, 0.717) is 0 Å². The van der Waals surface area contributed by atoms with Crippen molar-refractivity contribution in [2.24, 2.45) is 5.92 Å². The lowest BCUT2D eigenvalue weighted by Gasteiger charge is -2.10. The molecule has 1 saturated carbocycles. The van der Waals surface area contributed by atoms with Gasteiger partial charge in [-0.15, -0.1) is 0 Å². The molecule has 3 rings (SSSR count). The molecule has 2 aromatic rings. The van der Waals surface area contributed by atoms with Crippen LogP contribution in [-0.4, -0.2) is 10.9 Å². The topological polar surface area (TPSA) is 42.0 Å². The Hall–Kier alpha value is -2.60. The molecule has 0 atom stereocenters. The summed E-state index contributed by atoms with van der Waals surface area (Å²) in [7, 11) is 0. The Kier molecular flexibility index (Phi) is 4.50. The fourth-order valence-electron chi connectivity index (χ4n) is 2.68. The molecule has 0 aliphatic heterocycles. The van der Waals surface area contributed by atoms with Crippen LogP contribution in [-0.2, 0) is 4.79 Å². The number of rotatable bonds is 2. The molecule has 1 heterocycles. The standard InChI is InChI=1S/C19H18N2O/c22-19(16-7-1-2-8-16)21-18-10-5-6-15(14-18)11-12-17-9-3-4-13-20-17/h3-6,9-10,13-14,16H,1-2,7-8H2,(H,21,22). The molecule has 1 amide bonds. The van der Waals surface area contributed by atoms with E-state index in [9.17, 15) is 4.79 Å². The number of amides is 1. The lowest BCUT2D eigenvalue weighted by atomic mass is 10.1. The van der Waals surface area contributed by atoms with Crippen LogP contribution in [0.25, 0.3) is 0 Å². The average molecular weight is 290 g/mol. The van der Waals surface area contributed by atoms with E-state index < -0.39 is 0 Å². The number of hydrogen-bond donors (Lipinski definition) is 1. The quantitative estimate of drug-likeness (QED) is 0.858. The Morgan fingerprint density at radius 1 is 1.09 bits per heavy atom. The molecule has 22 heavy (non-hydrogen) atoms. The monoisotopic (exact) mass is 290 g/mol. The number of carbonyl (C=O) groups excluding carboxylic acids is 1. The molecule has 1 fully saturated rings. The largest absolute Gasteiger partial charge is 0.326 e. The van der Waals surface area contributed by atoms with Crippen LogP contribution in [0.5, 0.6) is 0 Å². The molecule has 0 spiro atoms. The van der Waals surface area contributed by atoms with Crippen molar-refractivity contribution in [1.29, 1.82) is 0 Å². The van der Waals surface area contributed by atoms with E-state index in [4.69, 9.17) is 0 Å². The maximum atomic E-state index is 12.1. The van der Waals surface area contributed by atoms with Crippen LogP contribution in [0.1, 0.15) is 36.9 Å². The molecule has 3 nitrogen and oxygen atoms in total. The van der Waals surface area contributed by atoms with E-state index in [1.807, 2.05) is 42.5 Å². The number of benzene rings is 1. The highest BCUT2D eigenvalue weighted by molar-refractivity contribution is 5.92. The third kappa shape index (κ3) is 3.73.